The maximum atomic E-state index is 13.5. The zero-order valence-electron chi connectivity index (χ0n) is 23.9. The van der Waals surface area contributed by atoms with E-state index in [4.69, 9.17) is 9.79 Å². The lowest BCUT2D eigenvalue weighted by Crippen LogP contribution is -2.58. The standard InChI is InChI=1S/C26H40N5O9P/c1-15(2)13-21(29-17(4)32)26(36)31-12-6-7-22(31)25(35)30-20(24(34)28-16(3)23(33)27-5)14-18-8-10-19(11-9-18)40-41(37,38)39/h8-11,15-16,20-22H,6-7,12-14H2,1-5H3,(H,27,33)(H,28,34)(H,29,32)(H,30,35)(H2,37,38,39)/t16-,20-,21-,22-/m0/s1. The second kappa shape index (κ2) is 14.9. The molecule has 1 saturated heterocycles. The first kappa shape index (κ1) is 33.7. The van der Waals surface area contributed by atoms with Crippen LogP contribution in [-0.2, 0) is 35.0 Å². The molecular weight excluding hydrogens is 557 g/mol. The van der Waals surface area contributed by atoms with Crippen LogP contribution in [0, 0.1) is 5.92 Å². The van der Waals surface area contributed by atoms with Gasteiger partial charge in [-0.25, -0.2) is 4.57 Å². The highest BCUT2D eigenvalue weighted by Crippen LogP contribution is 2.37. The lowest BCUT2D eigenvalue weighted by atomic mass is 10.0. The molecular formula is C26H40N5O9P. The summed E-state index contributed by atoms with van der Waals surface area (Å²) in [6, 6.07) is 1.88. The molecule has 0 radical (unpaired) electrons. The highest BCUT2D eigenvalue weighted by molar-refractivity contribution is 7.46. The fourth-order valence-electron chi connectivity index (χ4n) is 4.57. The average Bonchev–Trinajstić information content (AvgIpc) is 3.36. The maximum absolute atomic E-state index is 13.5. The van der Waals surface area contributed by atoms with Crippen molar-refractivity contribution in [3.63, 3.8) is 0 Å². The first-order chi connectivity index (χ1) is 19.1. The predicted molar refractivity (Wildman–Crippen MR) is 148 cm³/mol. The van der Waals surface area contributed by atoms with Gasteiger partial charge < -0.3 is 30.7 Å². The van der Waals surface area contributed by atoms with Gasteiger partial charge in [0.25, 0.3) is 0 Å². The molecule has 1 heterocycles. The first-order valence-corrected chi connectivity index (χ1v) is 14.9. The Bertz CT molecular complexity index is 1150. The van der Waals surface area contributed by atoms with Crippen LogP contribution in [0.4, 0.5) is 0 Å². The molecule has 0 unspecified atom stereocenters. The quantitative estimate of drug-likeness (QED) is 0.169. The lowest BCUT2D eigenvalue weighted by molar-refractivity contribution is -0.142. The number of nitrogens with one attached hydrogen (secondary N) is 4. The van der Waals surface area contributed by atoms with Crippen molar-refractivity contribution >= 4 is 37.4 Å². The fourth-order valence-corrected chi connectivity index (χ4v) is 4.97. The Kier molecular flexibility index (Phi) is 12.3. The molecule has 0 aromatic heterocycles. The fraction of sp³-hybridized carbons (Fsp3) is 0.577. The van der Waals surface area contributed by atoms with Crippen LogP contribution in [0.25, 0.3) is 0 Å². The molecule has 0 aliphatic carbocycles. The smallest absolute Gasteiger partial charge is 0.404 e. The van der Waals surface area contributed by atoms with Gasteiger partial charge in [-0.3, -0.25) is 33.8 Å². The number of likely N-dealkylation sites (tertiary alicyclic amines) is 1. The third-order valence-electron chi connectivity index (χ3n) is 6.44. The molecule has 6 N–H and O–H groups in total. The van der Waals surface area contributed by atoms with E-state index in [1.807, 2.05) is 13.8 Å². The molecule has 5 amide bonds. The van der Waals surface area contributed by atoms with Crippen LogP contribution in [-0.4, -0.2) is 82.0 Å². The highest BCUT2D eigenvalue weighted by atomic mass is 31.2. The van der Waals surface area contributed by atoms with Gasteiger partial charge in [0.05, 0.1) is 0 Å². The average molecular weight is 598 g/mol. The van der Waals surface area contributed by atoms with Crippen LogP contribution in [0.2, 0.25) is 0 Å². The third-order valence-corrected chi connectivity index (χ3v) is 6.89. The highest BCUT2D eigenvalue weighted by Gasteiger charge is 2.39. The number of likely N-dealkylation sites (N-methyl/N-ethyl adjacent to an activating group) is 1. The van der Waals surface area contributed by atoms with Crippen molar-refractivity contribution in [3.05, 3.63) is 29.8 Å². The van der Waals surface area contributed by atoms with Gasteiger partial charge in [-0.05, 0) is 49.8 Å². The molecule has 14 nitrogen and oxygen atoms in total. The number of carbonyl (C=O) groups excluding carboxylic acids is 5. The van der Waals surface area contributed by atoms with Gasteiger partial charge in [0.1, 0.15) is 29.9 Å². The molecule has 0 spiro atoms. The summed E-state index contributed by atoms with van der Waals surface area (Å²) in [6.07, 6.45) is 1.29. The van der Waals surface area contributed by atoms with E-state index < -0.39 is 49.7 Å². The number of rotatable bonds is 13. The van der Waals surface area contributed by atoms with Gasteiger partial charge >= 0.3 is 7.82 Å². The lowest BCUT2D eigenvalue weighted by Gasteiger charge is -2.30. The molecule has 1 aliphatic heterocycles. The van der Waals surface area contributed by atoms with Gasteiger partial charge in [0.15, 0.2) is 0 Å². The van der Waals surface area contributed by atoms with Gasteiger partial charge in [0, 0.05) is 26.9 Å². The Morgan fingerprint density at radius 3 is 2.17 bits per heavy atom. The molecule has 0 bridgehead atoms. The second-order valence-corrected chi connectivity index (χ2v) is 11.6. The minimum atomic E-state index is -4.76. The summed E-state index contributed by atoms with van der Waals surface area (Å²) in [7, 11) is -3.34. The number of hydrogen-bond acceptors (Lipinski definition) is 7. The Labute approximate surface area is 239 Å². The van der Waals surface area contributed by atoms with E-state index in [-0.39, 0.29) is 29.9 Å². The van der Waals surface area contributed by atoms with E-state index in [9.17, 15) is 28.5 Å². The van der Waals surface area contributed by atoms with Crippen LogP contribution in [0.15, 0.2) is 24.3 Å². The molecule has 4 atom stereocenters. The summed E-state index contributed by atoms with van der Waals surface area (Å²) in [5, 5.41) is 10.4. The van der Waals surface area contributed by atoms with Crippen molar-refractivity contribution in [1.29, 1.82) is 0 Å². The molecule has 1 fully saturated rings. The molecule has 41 heavy (non-hydrogen) atoms. The van der Waals surface area contributed by atoms with Crippen molar-refractivity contribution in [1.82, 2.24) is 26.2 Å². The largest absolute Gasteiger partial charge is 0.524 e. The molecule has 1 aliphatic rings. The molecule has 15 heteroatoms. The summed E-state index contributed by atoms with van der Waals surface area (Å²) in [4.78, 5) is 83.1. The predicted octanol–water partition coefficient (Wildman–Crippen LogP) is -0.0221. The SMILES string of the molecule is CNC(=O)[C@H](C)NC(=O)[C@H](Cc1ccc(OP(=O)(O)O)cc1)NC(=O)[C@@H]1CCCN1C(=O)[C@H](CC(C)C)NC(C)=O. The molecule has 2 rings (SSSR count). The van der Waals surface area contributed by atoms with Gasteiger partial charge in [0.2, 0.25) is 29.5 Å². The number of hydrogen-bond donors (Lipinski definition) is 6. The van der Waals surface area contributed by atoms with E-state index in [0.29, 0.717) is 31.4 Å². The molecule has 1 aromatic carbocycles. The van der Waals surface area contributed by atoms with Crippen molar-refractivity contribution in [2.75, 3.05) is 13.6 Å². The number of nitrogens with zero attached hydrogens (tertiary/aromatic N) is 1. The normalized spacial score (nSPS) is 17.3. The van der Waals surface area contributed by atoms with E-state index in [2.05, 4.69) is 25.8 Å². The van der Waals surface area contributed by atoms with Crippen molar-refractivity contribution in [2.45, 2.75) is 77.5 Å². The Morgan fingerprint density at radius 1 is 1.00 bits per heavy atom. The minimum absolute atomic E-state index is 0.0310. The van der Waals surface area contributed by atoms with Gasteiger partial charge in [-0.15, -0.1) is 0 Å². The van der Waals surface area contributed by atoms with Crippen LogP contribution in [0.3, 0.4) is 0 Å². The molecule has 0 saturated carbocycles. The van der Waals surface area contributed by atoms with Crippen LogP contribution in [0.1, 0.15) is 52.5 Å². The van der Waals surface area contributed by atoms with Gasteiger partial charge in [-0.2, -0.15) is 0 Å². The summed E-state index contributed by atoms with van der Waals surface area (Å²) < 4.78 is 15.6. The van der Waals surface area contributed by atoms with E-state index in [1.54, 1.807) is 0 Å². The second-order valence-electron chi connectivity index (χ2n) is 10.4. The summed E-state index contributed by atoms with van der Waals surface area (Å²) in [5.74, 6) is -2.35. The van der Waals surface area contributed by atoms with Gasteiger partial charge in [-0.1, -0.05) is 26.0 Å². The molecule has 228 valence electrons. The number of carbonyl (C=O) groups is 5. The zero-order valence-corrected chi connectivity index (χ0v) is 24.8. The Hall–Kier alpha value is -3.48. The monoisotopic (exact) mass is 597 g/mol. The van der Waals surface area contributed by atoms with Crippen molar-refractivity contribution in [3.8, 4) is 5.75 Å². The topological polar surface area (TPSA) is 203 Å². The van der Waals surface area contributed by atoms with Crippen LogP contribution in [0.5, 0.6) is 5.75 Å². The van der Waals surface area contributed by atoms with Crippen molar-refractivity contribution < 1.29 is 42.8 Å². The summed E-state index contributed by atoms with van der Waals surface area (Å²) >= 11 is 0. The van der Waals surface area contributed by atoms with Crippen LogP contribution >= 0.6 is 7.82 Å². The number of phosphoric ester groups is 1. The van der Waals surface area contributed by atoms with E-state index in [0.717, 1.165) is 0 Å². The maximum Gasteiger partial charge on any atom is 0.524 e. The number of amides is 5. The van der Waals surface area contributed by atoms with E-state index >= 15 is 0 Å². The third kappa shape index (κ3) is 10.8. The zero-order chi connectivity index (χ0) is 30.9. The van der Waals surface area contributed by atoms with Crippen molar-refractivity contribution in [2.24, 2.45) is 5.92 Å². The summed E-state index contributed by atoms with van der Waals surface area (Å²) in [5.41, 5.74) is 0.526. The van der Waals surface area contributed by atoms with E-state index in [1.165, 1.54) is 50.1 Å². The first-order valence-electron chi connectivity index (χ1n) is 13.3. The van der Waals surface area contributed by atoms with Crippen LogP contribution < -0.4 is 25.8 Å². The minimum Gasteiger partial charge on any atom is -0.404 e. The number of benzene rings is 1. The Morgan fingerprint density at radius 2 is 1.63 bits per heavy atom. The number of phosphoric acid groups is 1. The summed E-state index contributed by atoms with van der Waals surface area (Å²) in [6.45, 7) is 6.96. The Balaban J connectivity index is 2.26. The molecule has 1 aromatic rings.